The molecular weight excluding hydrogens is 252 g/mol. The summed E-state index contributed by atoms with van der Waals surface area (Å²) < 4.78 is 0. The molecule has 2 aliphatic carbocycles. The highest BCUT2D eigenvalue weighted by molar-refractivity contribution is 5.32. The van der Waals surface area contributed by atoms with Gasteiger partial charge in [0.15, 0.2) is 0 Å². The molecule has 0 radical (unpaired) electrons. The SMILES string of the molecule is O=C=NCCCCC1CC2CC(CCCN=C=O)C1C2. The van der Waals surface area contributed by atoms with Gasteiger partial charge in [-0.25, -0.2) is 19.6 Å². The van der Waals surface area contributed by atoms with Gasteiger partial charge in [0.25, 0.3) is 0 Å². The van der Waals surface area contributed by atoms with Crippen LogP contribution in [0.3, 0.4) is 0 Å². The van der Waals surface area contributed by atoms with Crippen molar-refractivity contribution in [1.29, 1.82) is 0 Å². The molecule has 0 saturated heterocycles. The third-order valence-corrected chi connectivity index (χ3v) is 5.16. The zero-order valence-corrected chi connectivity index (χ0v) is 12.1. The molecule has 110 valence electrons. The van der Waals surface area contributed by atoms with Crippen molar-refractivity contribution in [3.05, 3.63) is 0 Å². The maximum Gasteiger partial charge on any atom is 0.234 e. The Morgan fingerprint density at radius 3 is 2.00 bits per heavy atom. The normalized spacial score (nSPS) is 30.8. The Morgan fingerprint density at radius 2 is 1.40 bits per heavy atom. The molecule has 2 bridgehead atoms. The van der Waals surface area contributed by atoms with Crippen LogP contribution in [0.5, 0.6) is 0 Å². The molecule has 4 unspecified atom stereocenters. The van der Waals surface area contributed by atoms with Gasteiger partial charge in [-0.3, -0.25) is 0 Å². The van der Waals surface area contributed by atoms with Crippen LogP contribution in [0.4, 0.5) is 0 Å². The van der Waals surface area contributed by atoms with E-state index >= 15 is 0 Å². The van der Waals surface area contributed by atoms with Crippen molar-refractivity contribution >= 4 is 12.2 Å². The lowest BCUT2D eigenvalue weighted by Gasteiger charge is -2.29. The smallest absolute Gasteiger partial charge is 0.211 e. The molecule has 2 saturated carbocycles. The molecule has 4 nitrogen and oxygen atoms in total. The van der Waals surface area contributed by atoms with E-state index in [1.54, 1.807) is 12.2 Å². The van der Waals surface area contributed by atoms with Crippen molar-refractivity contribution in [1.82, 2.24) is 0 Å². The lowest BCUT2D eigenvalue weighted by molar-refractivity contribution is 0.210. The van der Waals surface area contributed by atoms with Gasteiger partial charge in [-0.2, -0.15) is 0 Å². The molecule has 0 amide bonds. The summed E-state index contributed by atoms with van der Waals surface area (Å²) in [6, 6.07) is 0. The molecule has 0 aromatic carbocycles. The number of isocyanates is 2. The number of nitrogens with zero attached hydrogens (tertiary/aromatic N) is 2. The summed E-state index contributed by atoms with van der Waals surface area (Å²) in [4.78, 5) is 27.3. The highest BCUT2D eigenvalue weighted by Gasteiger charge is 2.44. The van der Waals surface area contributed by atoms with E-state index in [-0.39, 0.29) is 0 Å². The summed E-state index contributed by atoms with van der Waals surface area (Å²) in [6.07, 6.45) is 13.2. The molecule has 0 spiro atoms. The van der Waals surface area contributed by atoms with E-state index in [9.17, 15) is 9.59 Å². The third-order valence-electron chi connectivity index (χ3n) is 5.16. The molecule has 20 heavy (non-hydrogen) atoms. The van der Waals surface area contributed by atoms with E-state index < -0.39 is 0 Å². The molecule has 4 atom stereocenters. The summed E-state index contributed by atoms with van der Waals surface area (Å²) in [6.45, 7) is 1.28. The van der Waals surface area contributed by atoms with Crippen LogP contribution in [0.2, 0.25) is 0 Å². The molecule has 0 aliphatic heterocycles. The van der Waals surface area contributed by atoms with Gasteiger partial charge in [-0.15, -0.1) is 0 Å². The summed E-state index contributed by atoms with van der Waals surface area (Å²) in [5, 5.41) is 0. The van der Waals surface area contributed by atoms with Crippen LogP contribution in [0.1, 0.15) is 51.4 Å². The predicted molar refractivity (Wildman–Crippen MR) is 76.9 cm³/mol. The van der Waals surface area contributed by atoms with Crippen LogP contribution in [0.25, 0.3) is 0 Å². The number of rotatable bonds is 9. The first-order valence-corrected chi connectivity index (χ1v) is 7.92. The van der Waals surface area contributed by atoms with Crippen molar-refractivity contribution < 1.29 is 9.59 Å². The van der Waals surface area contributed by atoms with Gasteiger partial charge < -0.3 is 0 Å². The standard InChI is InChI=1S/C16H24N2O2/c19-11-17-6-2-1-4-14-8-13-9-15(16(14)10-13)5-3-7-18-12-20/h13-16H,1-10H2. The molecule has 2 rings (SSSR count). The molecule has 2 fully saturated rings. The first-order valence-electron chi connectivity index (χ1n) is 7.92. The average Bonchev–Trinajstić information content (AvgIpc) is 3.03. The van der Waals surface area contributed by atoms with Crippen molar-refractivity contribution in [2.75, 3.05) is 13.1 Å². The van der Waals surface area contributed by atoms with E-state index in [0.717, 1.165) is 36.5 Å². The quantitative estimate of drug-likeness (QED) is 0.368. The topological polar surface area (TPSA) is 58.9 Å². The Hall–Kier alpha value is -1.24. The Kier molecular flexibility index (Phi) is 6.17. The summed E-state index contributed by atoms with van der Waals surface area (Å²) in [5.41, 5.74) is 0. The molecule has 0 N–H and O–H groups in total. The molecule has 4 heteroatoms. The van der Waals surface area contributed by atoms with Crippen molar-refractivity contribution in [2.45, 2.75) is 51.4 Å². The Labute approximate surface area is 120 Å². The first kappa shape index (κ1) is 15.2. The van der Waals surface area contributed by atoms with Crippen LogP contribution in [-0.4, -0.2) is 25.2 Å². The number of carbonyl (C=O) groups excluding carboxylic acids is 2. The summed E-state index contributed by atoms with van der Waals surface area (Å²) in [7, 11) is 0. The van der Waals surface area contributed by atoms with E-state index in [1.807, 2.05) is 0 Å². The molecule has 0 aromatic rings. The second-order valence-corrected chi connectivity index (χ2v) is 6.34. The largest absolute Gasteiger partial charge is 0.234 e. The molecular formula is C16H24N2O2. The minimum Gasteiger partial charge on any atom is -0.211 e. The van der Waals surface area contributed by atoms with Crippen LogP contribution in [0.15, 0.2) is 9.98 Å². The van der Waals surface area contributed by atoms with Gasteiger partial charge in [0.1, 0.15) is 0 Å². The highest BCUT2D eigenvalue weighted by Crippen LogP contribution is 2.54. The van der Waals surface area contributed by atoms with E-state index in [1.165, 1.54) is 38.5 Å². The number of hydrogen-bond donors (Lipinski definition) is 0. The zero-order valence-electron chi connectivity index (χ0n) is 12.1. The summed E-state index contributed by atoms with van der Waals surface area (Å²) >= 11 is 0. The van der Waals surface area contributed by atoms with Gasteiger partial charge in [0.2, 0.25) is 12.2 Å². The van der Waals surface area contributed by atoms with Crippen LogP contribution >= 0.6 is 0 Å². The number of fused-ring (bicyclic) bond motifs is 2. The van der Waals surface area contributed by atoms with Gasteiger partial charge in [-0.1, -0.05) is 12.8 Å². The summed E-state index contributed by atoms with van der Waals surface area (Å²) in [5.74, 6) is 3.58. The fraction of sp³-hybridized carbons (Fsp3) is 0.875. The number of aliphatic imine (C=N–C) groups is 2. The Morgan fingerprint density at radius 1 is 0.800 bits per heavy atom. The maximum atomic E-state index is 10.1. The fourth-order valence-corrected chi connectivity index (χ4v) is 4.43. The lowest BCUT2D eigenvalue weighted by atomic mass is 9.76. The third kappa shape index (κ3) is 4.13. The van der Waals surface area contributed by atoms with Gasteiger partial charge in [-0.05, 0) is 62.2 Å². The fourth-order valence-electron chi connectivity index (χ4n) is 4.43. The van der Waals surface area contributed by atoms with Crippen LogP contribution in [0, 0.1) is 23.7 Å². The van der Waals surface area contributed by atoms with Gasteiger partial charge >= 0.3 is 0 Å². The predicted octanol–water partition coefficient (Wildman–Crippen LogP) is 3.27. The minimum atomic E-state index is 0.636. The number of unbranched alkanes of at least 4 members (excludes halogenated alkanes) is 1. The molecule has 2 aliphatic rings. The maximum absolute atomic E-state index is 10.1. The van der Waals surface area contributed by atoms with Crippen molar-refractivity contribution in [3.63, 3.8) is 0 Å². The second kappa shape index (κ2) is 8.14. The Bertz CT molecular complexity index is 395. The van der Waals surface area contributed by atoms with Crippen molar-refractivity contribution in [2.24, 2.45) is 33.7 Å². The van der Waals surface area contributed by atoms with E-state index in [4.69, 9.17) is 0 Å². The Balaban J connectivity index is 1.68. The van der Waals surface area contributed by atoms with Gasteiger partial charge in [0.05, 0.1) is 13.1 Å². The number of hydrogen-bond acceptors (Lipinski definition) is 4. The highest BCUT2D eigenvalue weighted by atomic mass is 16.1. The van der Waals surface area contributed by atoms with Crippen molar-refractivity contribution in [3.8, 4) is 0 Å². The van der Waals surface area contributed by atoms with E-state index in [0.29, 0.717) is 13.1 Å². The second-order valence-electron chi connectivity index (χ2n) is 6.34. The molecule has 0 heterocycles. The lowest BCUT2D eigenvalue weighted by Crippen LogP contribution is -2.20. The average molecular weight is 276 g/mol. The van der Waals surface area contributed by atoms with E-state index in [2.05, 4.69) is 9.98 Å². The zero-order chi connectivity index (χ0) is 14.2. The van der Waals surface area contributed by atoms with Crippen LogP contribution in [-0.2, 0) is 9.59 Å². The molecule has 0 aromatic heterocycles. The monoisotopic (exact) mass is 276 g/mol. The van der Waals surface area contributed by atoms with Crippen LogP contribution < -0.4 is 0 Å². The first-order chi connectivity index (χ1) is 9.85. The minimum absolute atomic E-state index is 0.636. The van der Waals surface area contributed by atoms with Gasteiger partial charge in [0, 0.05) is 0 Å².